The molecule has 6 heteroatoms. The average Bonchev–Trinajstić information content (AvgIpc) is 3.38. The molecular weight excluding hydrogens is 424 g/mol. The van der Waals surface area contributed by atoms with Crippen molar-refractivity contribution in [2.45, 2.75) is 33.2 Å². The van der Waals surface area contributed by atoms with E-state index in [0.717, 1.165) is 48.3 Å². The predicted octanol–water partition coefficient (Wildman–Crippen LogP) is 4.53. The number of rotatable bonds is 5. The molecule has 0 radical (unpaired) electrons. The van der Waals surface area contributed by atoms with Gasteiger partial charge in [-0.1, -0.05) is 36.4 Å². The third kappa shape index (κ3) is 4.19. The zero-order chi connectivity index (χ0) is 23.7. The van der Waals surface area contributed by atoms with Crippen molar-refractivity contribution < 1.29 is 4.79 Å². The molecule has 5 rings (SSSR count). The monoisotopic (exact) mass is 452 g/mol. The lowest BCUT2D eigenvalue weighted by Gasteiger charge is -2.22. The number of benzene rings is 3. The summed E-state index contributed by atoms with van der Waals surface area (Å²) >= 11 is 0. The number of hydrogen-bond acceptors (Lipinski definition) is 4. The van der Waals surface area contributed by atoms with Crippen LogP contribution in [0.15, 0.2) is 71.5 Å². The van der Waals surface area contributed by atoms with E-state index < -0.39 is 0 Å². The van der Waals surface area contributed by atoms with Gasteiger partial charge >= 0.3 is 0 Å². The van der Waals surface area contributed by atoms with Gasteiger partial charge in [0.1, 0.15) is 0 Å². The molecule has 1 aliphatic heterocycles. The van der Waals surface area contributed by atoms with E-state index in [9.17, 15) is 9.59 Å². The number of amides is 1. The van der Waals surface area contributed by atoms with Gasteiger partial charge in [0, 0.05) is 25.2 Å². The molecule has 1 saturated heterocycles. The first kappa shape index (κ1) is 21.9. The summed E-state index contributed by atoms with van der Waals surface area (Å²) in [5, 5.41) is 3.49. The minimum absolute atomic E-state index is 0.121. The lowest BCUT2D eigenvalue weighted by molar-refractivity contribution is 0.0951. The topological polar surface area (TPSA) is 67.2 Å². The van der Waals surface area contributed by atoms with Crippen LogP contribution in [0.2, 0.25) is 0 Å². The van der Waals surface area contributed by atoms with E-state index in [-0.39, 0.29) is 11.5 Å². The minimum Gasteiger partial charge on any atom is -0.348 e. The summed E-state index contributed by atoms with van der Waals surface area (Å²) in [6, 6.07) is 21.0. The molecule has 0 saturated carbocycles. The van der Waals surface area contributed by atoms with Gasteiger partial charge in [-0.2, -0.15) is 0 Å². The first-order chi connectivity index (χ1) is 16.5. The number of anilines is 1. The van der Waals surface area contributed by atoms with Crippen LogP contribution in [0.5, 0.6) is 0 Å². The Kier molecular flexibility index (Phi) is 5.88. The molecule has 1 fully saturated rings. The smallest absolute Gasteiger partial charge is 0.267 e. The third-order valence-electron chi connectivity index (χ3n) is 6.46. The van der Waals surface area contributed by atoms with E-state index in [1.54, 1.807) is 22.8 Å². The zero-order valence-corrected chi connectivity index (χ0v) is 19.5. The molecule has 0 aliphatic carbocycles. The van der Waals surface area contributed by atoms with Crippen molar-refractivity contribution >= 4 is 22.8 Å². The summed E-state index contributed by atoms with van der Waals surface area (Å²) in [6.45, 7) is 6.21. The number of carbonyl (C=O) groups is 1. The summed E-state index contributed by atoms with van der Waals surface area (Å²) in [6.07, 6.45) is 2.14. The number of aromatic nitrogens is 2. The van der Waals surface area contributed by atoms with Crippen molar-refractivity contribution in [3.8, 4) is 5.69 Å². The minimum atomic E-state index is -0.183. The van der Waals surface area contributed by atoms with E-state index >= 15 is 0 Å². The molecule has 0 bridgehead atoms. The molecule has 4 aromatic rings. The maximum absolute atomic E-state index is 13.6. The number of nitrogens with zero attached hydrogens (tertiary/aromatic N) is 3. The normalized spacial score (nSPS) is 13.4. The lowest BCUT2D eigenvalue weighted by atomic mass is 10.1. The molecule has 3 aromatic carbocycles. The Morgan fingerprint density at radius 2 is 1.76 bits per heavy atom. The Balaban J connectivity index is 1.54. The fraction of sp³-hybridized carbons (Fsp3) is 0.250. The third-order valence-corrected chi connectivity index (χ3v) is 6.46. The van der Waals surface area contributed by atoms with Crippen LogP contribution in [-0.4, -0.2) is 28.5 Å². The molecule has 0 spiro atoms. The van der Waals surface area contributed by atoms with Crippen molar-refractivity contribution in [2.75, 3.05) is 18.0 Å². The van der Waals surface area contributed by atoms with Gasteiger partial charge in [-0.3, -0.25) is 9.59 Å². The first-order valence-electron chi connectivity index (χ1n) is 11.7. The second-order valence-corrected chi connectivity index (χ2v) is 8.93. The second kappa shape index (κ2) is 9.14. The van der Waals surface area contributed by atoms with Gasteiger partial charge in [-0.25, -0.2) is 9.55 Å². The van der Waals surface area contributed by atoms with Crippen LogP contribution in [0, 0.1) is 13.8 Å². The maximum atomic E-state index is 13.6. The number of hydrogen-bond donors (Lipinski definition) is 1. The summed E-state index contributed by atoms with van der Waals surface area (Å²) < 4.78 is 1.71. The second-order valence-electron chi connectivity index (χ2n) is 8.93. The van der Waals surface area contributed by atoms with Crippen LogP contribution in [0.25, 0.3) is 16.6 Å². The molecule has 1 N–H and O–H groups in total. The highest BCUT2D eigenvalue weighted by Crippen LogP contribution is 2.24. The molecule has 1 aromatic heterocycles. The van der Waals surface area contributed by atoms with Gasteiger partial charge in [-0.05, 0) is 73.7 Å². The summed E-state index contributed by atoms with van der Waals surface area (Å²) in [5.41, 5.74) is 5.01. The molecule has 172 valence electrons. The molecule has 0 atom stereocenters. The van der Waals surface area contributed by atoms with Crippen LogP contribution in [0.4, 0.5) is 5.95 Å². The fourth-order valence-corrected chi connectivity index (χ4v) is 4.53. The Morgan fingerprint density at radius 1 is 0.971 bits per heavy atom. The van der Waals surface area contributed by atoms with Gasteiger partial charge in [0.15, 0.2) is 0 Å². The Hall–Kier alpha value is -3.93. The predicted molar refractivity (Wildman–Crippen MR) is 136 cm³/mol. The van der Waals surface area contributed by atoms with Crippen molar-refractivity contribution in [1.29, 1.82) is 0 Å². The molecule has 1 amide bonds. The van der Waals surface area contributed by atoms with Gasteiger partial charge in [0.25, 0.3) is 11.5 Å². The van der Waals surface area contributed by atoms with E-state index in [0.29, 0.717) is 29.0 Å². The van der Waals surface area contributed by atoms with Crippen LogP contribution in [-0.2, 0) is 6.54 Å². The highest BCUT2D eigenvalue weighted by Gasteiger charge is 2.22. The van der Waals surface area contributed by atoms with Gasteiger partial charge < -0.3 is 10.2 Å². The largest absolute Gasteiger partial charge is 0.348 e. The number of carbonyl (C=O) groups excluding carboxylic acids is 1. The zero-order valence-electron chi connectivity index (χ0n) is 19.5. The van der Waals surface area contributed by atoms with Gasteiger partial charge in [-0.15, -0.1) is 0 Å². The molecule has 6 nitrogen and oxygen atoms in total. The van der Waals surface area contributed by atoms with Crippen LogP contribution in [0.3, 0.4) is 0 Å². The van der Waals surface area contributed by atoms with Crippen LogP contribution in [0.1, 0.15) is 39.9 Å². The number of fused-ring (bicyclic) bond motifs is 1. The SMILES string of the molecule is Cc1cccc(-n2c(N3CCCC3)nc3cc(C(=O)NCc4ccccc4C)ccc3c2=O)c1. The fourth-order valence-electron chi connectivity index (χ4n) is 4.53. The molecule has 0 unspecified atom stereocenters. The van der Waals surface area contributed by atoms with E-state index in [2.05, 4.69) is 10.2 Å². The average molecular weight is 453 g/mol. The van der Waals surface area contributed by atoms with Crippen molar-refractivity contribution in [3.05, 3.63) is 99.3 Å². The van der Waals surface area contributed by atoms with Gasteiger partial charge in [0.2, 0.25) is 5.95 Å². The maximum Gasteiger partial charge on any atom is 0.267 e. The number of nitrogens with one attached hydrogen (secondary N) is 1. The van der Waals surface area contributed by atoms with Crippen LogP contribution < -0.4 is 15.8 Å². The molecule has 1 aliphatic rings. The van der Waals surface area contributed by atoms with E-state index in [4.69, 9.17) is 4.98 Å². The van der Waals surface area contributed by atoms with Crippen molar-refractivity contribution in [3.63, 3.8) is 0 Å². The van der Waals surface area contributed by atoms with Crippen molar-refractivity contribution in [1.82, 2.24) is 14.9 Å². The Labute approximate surface area is 198 Å². The standard InChI is InChI=1S/C28H28N4O2/c1-19-8-7-11-23(16-19)32-27(34)24-13-12-21(17-25(24)30-28(32)31-14-5-6-15-31)26(33)29-18-22-10-4-3-9-20(22)2/h3-4,7-13,16-17H,5-6,14-15,18H2,1-2H3,(H,29,33). The number of aryl methyl sites for hydroxylation is 2. The van der Waals surface area contributed by atoms with Crippen LogP contribution >= 0.6 is 0 Å². The Bertz CT molecular complexity index is 1430. The summed E-state index contributed by atoms with van der Waals surface area (Å²) in [5.74, 6) is 0.454. The molecule has 2 heterocycles. The molecule has 34 heavy (non-hydrogen) atoms. The van der Waals surface area contributed by atoms with E-state index in [1.807, 2.05) is 62.4 Å². The molecular formula is C28H28N4O2. The van der Waals surface area contributed by atoms with Crippen molar-refractivity contribution in [2.24, 2.45) is 0 Å². The highest BCUT2D eigenvalue weighted by molar-refractivity contribution is 5.97. The van der Waals surface area contributed by atoms with Gasteiger partial charge in [0.05, 0.1) is 16.6 Å². The highest BCUT2D eigenvalue weighted by atomic mass is 16.1. The summed E-state index contributed by atoms with van der Waals surface area (Å²) in [4.78, 5) is 33.6. The lowest BCUT2D eigenvalue weighted by Crippen LogP contribution is -2.30. The van der Waals surface area contributed by atoms with E-state index in [1.165, 1.54) is 0 Å². The summed E-state index contributed by atoms with van der Waals surface area (Å²) in [7, 11) is 0. The first-order valence-corrected chi connectivity index (χ1v) is 11.7. The Morgan fingerprint density at radius 3 is 2.53 bits per heavy atom. The quantitative estimate of drug-likeness (QED) is 0.483.